The minimum absolute atomic E-state index is 0.187. The summed E-state index contributed by atoms with van der Waals surface area (Å²) < 4.78 is 12.7. The van der Waals surface area contributed by atoms with Crippen LogP contribution in [0.1, 0.15) is 35.8 Å². The van der Waals surface area contributed by atoms with E-state index in [0.717, 1.165) is 46.4 Å². The monoisotopic (exact) mass is 557 g/mol. The molecule has 0 unspecified atom stereocenters. The minimum atomic E-state index is -0.210. The maximum absolute atomic E-state index is 9.58. The summed E-state index contributed by atoms with van der Waals surface area (Å²) in [5, 5.41) is 12.4. The van der Waals surface area contributed by atoms with Gasteiger partial charge in [-0.15, -0.1) is 0 Å². The number of nitriles is 1. The highest BCUT2D eigenvalue weighted by Gasteiger charge is 2.34. The number of nitrogens with zero attached hydrogens (tertiary/aromatic N) is 7. The second-order valence-corrected chi connectivity index (χ2v) is 11.2. The van der Waals surface area contributed by atoms with Crippen LogP contribution in [0.5, 0.6) is 6.01 Å². The van der Waals surface area contributed by atoms with Gasteiger partial charge in [-0.2, -0.15) is 15.2 Å². The molecule has 0 aliphatic carbocycles. The fraction of sp³-hybridized carbons (Fsp3) is 0.467. The lowest BCUT2D eigenvalue weighted by Gasteiger charge is -2.38. The Hall–Kier alpha value is -3.63. The quantitative estimate of drug-likeness (QED) is 0.324. The molecule has 0 N–H and O–H groups in total. The van der Waals surface area contributed by atoms with E-state index in [1.54, 1.807) is 4.90 Å². The van der Waals surface area contributed by atoms with Crippen molar-refractivity contribution < 1.29 is 9.47 Å². The van der Waals surface area contributed by atoms with Crippen molar-refractivity contribution in [3.63, 3.8) is 0 Å². The van der Waals surface area contributed by atoms with Gasteiger partial charge in [0.15, 0.2) is 6.19 Å². The molecule has 0 radical (unpaired) electrons. The number of aromatic nitrogens is 2. The zero-order valence-electron chi connectivity index (χ0n) is 22.6. The second kappa shape index (κ2) is 11.5. The van der Waals surface area contributed by atoms with Crippen LogP contribution in [0.2, 0.25) is 5.02 Å². The van der Waals surface area contributed by atoms with Crippen LogP contribution in [-0.2, 0) is 17.8 Å². The number of likely N-dealkylation sites (N-methyl/N-ethyl adjacent to an activating group) is 1. The second-order valence-electron chi connectivity index (χ2n) is 10.8. The van der Waals surface area contributed by atoms with Crippen LogP contribution in [0.15, 0.2) is 36.4 Å². The molecule has 3 atom stereocenters. The van der Waals surface area contributed by atoms with Crippen molar-refractivity contribution >= 4 is 28.2 Å². The maximum atomic E-state index is 9.58. The molecule has 4 heterocycles. The standard InChI is InChI=1S/C30H32ClN7O2/c1-33-15-22-16-37(12-13-38(22)19-32)29-24-18-39-27(23-9-3-6-20-7-4-10-25(31)28(20)23)14-26(24)34-30(35-29)40-17-21-8-5-11-36(21)2/h3-4,6-7,9-10,21-22,27H,5,8,11-18H2,2H3/t21-,22-,27-/m0/s1. The van der Waals surface area contributed by atoms with E-state index < -0.39 is 0 Å². The van der Waals surface area contributed by atoms with Gasteiger partial charge in [0.2, 0.25) is 6.54 Å². The third-order valence-corrected chi connectivity index (χ3v) is 8.70. The Labute approximate surface area is 239 Å². The Morgan fingerprint density at radius 3 is 2.80 bits per heavy atom. The van der Waals surface area contributed by atoms with Crippen LogP contribution in [0.3, 0.4) is 0 Å². The third-order valence-electron chi connectivity index (χ3n) is 8.38. The molecular weight excluding hydrogens is 526 g/mol. The van der Waals surface area contributed by atoms with Crippen LogP contribution < -0.4 is 9.64 Å². The van der Waals surface area contributed by atoms with Gasteiger partial charge >= 0.3 is 6.01 Å². The van der Waals surface area contributed by atoms with Gasteiger partial charge in [0.25, 0.3) is 0 Å². The number of fused-ring (bicyclic) bond motifs is 2. The zero-order valence-corrected chi connectivity index (χ0v) is 23.3. The molecule has 2 fully saturated rings. The molecule has 2 saturated heterocycles. The molecule has 206 valence electrons. The lowest BCUT2D eigenvalue weighted by Crippen LogP contribution is -2.53. The fourth-order valence-electron chi connectivity index (χ4n) is 6.15. The molecule has 6 rings (SSSR count). The first kappa shape index (κ1) is 26.6. The summed E-state index contributed by atoms with van der Waals surface area (Å²) in [6, 6.07) is 12.7. The number of halogens is 1. The predicted octanol–water partition coefficient (Wildman–Crippen LogP) is 4.46. The lowest BCUT2D eigenvalue weighted by molar-refractivity contribution is 0.0264. The Balaban J connectivity index is 1.34. The highest BCUT2D eigenvalue weighted by molar-refractivity contribution is 6.35. The van der Waals surface area contributed by atoms with E-state index in [4.69, 9.17) is 37.6 Å². The number of hydrogen-bond donors (Lipinski definition) is 0. The van der Waals surface area contributed by atoms with Crippen molar-refractivity contribution in [2.75, 3.05) is 51.3 Å². The first-order valence-electron chi connectivity index (χ1n) is 13.8. The molecule has 3 aromatic rings. The highest BCUT2D eigenvalue weighted by Crippen LogP contribution is 2.39. The number of piperazine rings is 1. The average Bonchev–Trinajstić information content (AvgIpc) is 3.39. The summed E-state index contributed by atoms with van der Waals surface area (Å²) in [6.07, 6.45) is 4.87. The summed E-state index contributed by atoms with van der Waals surface area (Å²) in [7, 11) is 2.13. The van der Waals surface area contributed by atoms with Gasteiger partial charge in [-0.25, -0.2) is 6.57 Å². The third kappa shape index (κ3) is 5.13. The smallest absolute Gasteiger partial charge is 0.318 e. The van der Waals surface area contributed by atoms with Crippen LogP contribution in [0, 0.1) is 18.0 Å². The van der Waals surface area contributed by atoms with Gasteiger partial charge in [0.1, 0.15) is 18.5 Å². The van der Waals surface area contributed by atoms with Crippen LogP contribution in [0.25, 0.3) is 15.6 Å². The van der Waals surface area contributed by atoms with E-state index in [1.807, 2.05) is 18.2 Å². The molecule has 10 heteroatoms. The molecular formula is C30H32ClN7O2. The number of likely N-dealkylation sites (tertiary alicyclic amines) is 1. The van der Waals surface area contributed by atoms with E-state index in [9.17, 15) is 5.26 Å². The van der Waals surface area contributed by atoms with Crippen molar-refractivity contribution in [3.05, 3.63) is 69.7 Å². The normalized spacial score (nSPS) is 23.1. The van der Waals surface area contributed by atoms with E-state index in [1.165, 1.54) is 6.42 Å². The Kier molecular flexibility index (Phi) is 7.62. The summed E-state index contributed by atoms with van der Waals surface area (Å²) in [4.78, 5) is 19.6. The number of benzene rings is 2. The average molecular weight is 558 g/mol. The van der Waals surface area contributed by atoms with Gasteiger partial charge in [-0.1, -0.05) is 41.9 Å². The minimum Gasteiger partial charge on any atom is -0.462 e. The van der Waals surface area contributed by atoms with Gasteiger partial charge in [-0.05, 0) is 43.5 Å². The summed E-state index contributed by atoms with van der Waals surface area (Å²) in [5.41, 5.74) is 2.90. The molecule has 3 aliphatic rings. The van der Waals surface area contributed by atoms with Crippen molar-refractivity contribution in [1.82, 2.24) is 19.8 Å². The van der Waals surface area contributed by atoms with Gasteiger partial charge in [0, 0.05) is 48.1 Å². The van der Waals surface area contributed by atoms with E-state index in [0.29, 0.717) is 56.3 Å². The van der Waals surface area contributed by atoms with E-state index >= 15 is 0 Å². The number of hydrogen-bond acceptors (Lipinski definition) is 8. The van der Waals surface area contributed by atoms with E-state index in [2.05, 4.69) is 46.1 Å². The Morgan fingerprint density at radius 1 is 1.18 bits per heavy atom. The first-order valence-corrected chi connectivity index (χ1v) is 14.2. The Bertz CT molecular complexity index is 1480. The zero-order chi connectivity index (χ0) is 27.6. The van der Waals surface area contributed by atoms with Crippen molar-refractivity contribution in [1.29, 1.82) is 5.26 Å². The van der Waals surface area contributed by atoms with Crippen LogP contribution in [0.4, 0.5) is 5.82 Å². The molecule has 2 aromatic carbocycles. The molecule has 9 nitrogen and oxygen atoms in total. The maximum Gasteiger partial charge on any atom is 0.318 e. The largest absolute Gasteiger partial charge is 0.462 e. The molecule has 1 aromatic heterocycles. The summed E-state index contributed by atoms with van der Waals surface area (Å²) in [5.74, 6) is 0.779. The van der Waals surface area contributed by atoms with E-state index in [-0.39, 0.29) is 18.7 Å². The molecule has 3 aliphatic heterocycles. The highest BCUT2D eigenvalue weighted by atomic mass is 35.5. The predicted molar refractivity (Wildman–Crippen MR) is 153 cm³/mol. The lowest BCUT2D eigenvalue weighted by atomic mass is 9.94. The molecule has 0 spiro atoms. The molecule has 40 heavy (non-hydrogen) atoms. The van der Waals surface area contributed by atoms with Gasteiger partial charge in [0.05, 0.1) is 18.4 Å². The van der Waals surface area contributed by atoms with Gasteiger partial charge < -0.3 is 24.1 Å². The van der Waals surface area contributed by atoms with Crippen LogP contribution >= 0.6 is 11.6 Å². The molecule has 0 bridgehead atoms. The van der Waals surface area contributed by atoms with Crippen LogP contribution in [-0.4, -0.2) is 78.2 Å². The van der Waals surface area contributed by atoms with Crippen molar-refractivity contribution in [3.8, 4) is 12.2 Å². The summed E-state index contributed by atoms with van der Waals surface area (Å²) in [6.45, 7) is 11.3. The number of ether oxygens (including phenoxy) is 2. The molecule has 0 saturated carbocycles. The van der Waals surface area contributed by atoms with Gasteiger partial charge in [-0.3, -0.25) is 4.90 Å². The summed E-state index contributed by atoms with van der Waals surface area (Å²) >= 11 is 6.65. The van der Waals surface area contributed by atoms with Crippen molar-refractivity contribution in [2.24, 2.45) is 0 Å². The fourth-order valence-corrected chi connectivity index (χ4v) is 6.44. The first-order chi connectivity index (χ1) is 19.6. The molecule has 0 amide bonds. The Morgan fingerprint density at radius 2 is 2.02 bits per heavy atom. The topological polar surface area (TPSA) is 82.1 Å². The van der Waals surface area contributed by atoms with Crippen molar-refractivity contribution in [2.45, 2.75) is 44.1 Å². The number of anilines is 1. The SMILES string of the molecule is [C-]#[N+]C[C@H]1CN(c2nc(OC[C@@H]3CCCN3C)nc3c2CO[C@H](c2cccc4cccc(Cl)c24)C3)CCN1C#N. The number of rotatable bonds is 6.